The molecule has 2 rings (SSSR count). The van der Waals surface area contributed by atoms with Crippen molar-refractivity contribution < 1.29 is 13.2 Å². The standard InChI is InChI=1S/C8H3F3N4S2/c9-8(10,11)5-7(14-15-12)17-6(13-5)4-2-1-3-16-4/h1-3H. The summed E-state index contributed by atoms with van der Waals surface area (Å²) in [6.45, 7) is 0. The van der Waals surface area contributed by atoms with Crippen LogP contribution in [0.1, 0.15) is 5.69 Å². The first-order valence-electron chi connectivity index (χ1n) is 4.19. The number of azide groups is 1. The molecule has 0 aromatic carbocycles. The fraction of sp³-hybridized carbons (Fsp3) is 0.125. The highest BCUT2D eigenvalue weighted by Crippen LogP contribution is 2.43. The summed E-state index contributed by atoms with van der Waals surface area (Å²) in [7, 11) is 0. The molecule has 0 amide bonds. The summed E-state index contributed by atoms with van der Waals surface area (Å²) < 4.78 is 37.8. The second-order valence-corrected chi connectivity index (χ2v) is 4.76. The highest BCUT2D eigenvalue weighted by molar-refractivity contribution is 7.23. The van der Waals surface area contributed by atoms with Crippen LogP contribution in [0, 0.1) is 0 Å². The van der Waals surface area contributed by atoms with Crippen molar-refractivity contribution in [3.05, 3.63) is 33.6 Å². The zero-order valence-corrected chi connectivity index (χ0v) is 9.60. The second kappa shape index (κ2) is 4.36. The van der Waals surface area contributed by atoms with E-state index in [1.54, 1.807) is 17.5 Å². The Hall–Kier alpha value is -1.57. The minimum absolute atomic E-state index is 0.203. The average Bonchev–Trinajstić information content (AvgIpc) is 2.82. The Kier molecular flexibility index (Phi) is 3.05. The lowest BCUT2D eigenvalue weighted by Crippen LogP contribution is -2.05. The maximum atomic E-state index is 12.6. The van der Waals surface area contributed by atoms with Crippen LogP contribution in [0.4, 0.5) is 18.2 Å². The van der Waals surface area contributed by atoms with Gasteiger partial charge in [-0.2, -0.15) is 13.2 Å². The van der Waals surface area contributed by atoms with Gasteiger partial charge in [-0.05, 0) is 22.1 Å². The zero-order valence-electron chi connectivity index (χ0n) is 7.97. The van der Waals surface area contributed by atoms with Gasteiger partial charge in [-0.1, -0.05) is 6.07 Å². The molecule has 0 saturated heterocycles. The number of rotatable bonds is 2. The predicted octanol–water partition coefficient (Wildman–Crippen LogP) is 4.83. The number of thiophene rings is 1. The van der Waals surface area contributed by atoms with Gasteiger partial charge in [0.25, 0.3) is 0 Å². The number of hydrogen-bond acceptors (Lipinski definition) is 4. The molecule has 0 unspecified atom stereocenters. The van der Waals surface area contributed by atoms with E-state index < -0.39 is 16.9 Å². The molecule has 0 atom stereocenters. The van der Waals surface area contributed by atoms with Gasteiger partial charge in [-0.3, -0.25) is 0 Å². The molecule has 0 radical (unpaired) electrons. The van der Waals surface area contributed by atoms with E-state index >= 15 is 0 Å². The van der Waals surface area contributed by atoms with E-state index in [2.05, 4.69) is 15.0 Å². The molecule has 4 nitrogen and oxygen atoms in total. The van der Waals surface area contributed by atoms with Crippen LogP contribution in [0.5, 0.6) is 0 Å². The maximum absolute atomic E-state index is 12.6. The van der Waals surface area contributed by atoms with Crippen molar-refractivity contribution in [3.63, 3.8) is 0 Å². The van der Waals surface area contributed by atoms with E-state index in [-0.39, 0.29) is 5.01 Å². The molecule has 2 heterocycles. The number of aromatic nitrogens is 1. The van der Waals surface area contributed by atoms with Crippen LogP contribution < -0.4 is 0 Å². The predicted molar refractivity (Wildman–Crippen MR) is 59.2 cm³/mol. The lowest BCUT2D eigenvalue weighted by atomic mass is 10.4. The maximum Gasteiger partial charge on any atom is 0.434 e. The van der Waals surface area contributed by atoms with E-state index in [1.807, 2.05) is 0 Å². The molecule has 2 aromatic rings. The summed E-state index contributed by atoms with van der Waals surface area (Å²) in [5.74, 6) is 0. The van der Waals surface area contributed by atoms with Crippen molar-refractivity contribution in [2.24, 2.45) is 5.11 Å². The normalized spacial score (nSPS) is 11.2. The second-order valence-electron chi connectivity index (χ2n) is 2.84. The van der Waals surface area contributed by atoms with Gasteiger partial charge in [0.05, 0.1) is 4.88 Å². The average molecular weight is 276 g/mol. The summed E-state index contributed by atoms with van der Waals surface area (Å²) >= 11 is 2.00. The fourth-order valence-corrected chi connectivity index (χ4v) is 2.81. The molecule has 0 aliphatic carbocycles. The van der Waals surface area contributed by atoms with Crippen molar-refractivity contribution in [1.82, 2.24) is 4.98 Å². The lowest BCUT2D eigenvalue weighted by molar-refractivity contribution is -0.140. The minimum atomic E-state index is -4.62. The quantitative estimate of drug-likeness (QED) is 0.440. The lowest BCUT2D eigenvalue weighted by Gasteiger charge is -2.01. The van der Waals surface area contributed by atoms with Gasteiger partial charge >= 0.3 is 6.18 Å². The van der Waals surface area contributed by atoms with E-state index in [0.29, 0.717) is 4.88 Å². The fourth-order valence-electron chi connectivity index (χ4n) is 1.11. The van der Waals surface area contributed by atoms with Crippen LogP contribution in [-0.4, -0.2) is 4.98 Å². The van der Waals surface area contributed by atoms with Gasteiger partial charge < -0.3 is 0 Å². The third-order valence-corrected chi connectivity index (χ3v) is 3.72. The molecule has 0 aliphatic heterocycles. The van der Waals surface area contributed by atoms with Crippen molar-refractivity contribution in [2.45, 2.75) is 6.18 Å². The Bertz CT molecular complexity index is 566. The minimum Gasteiger partial charge on any atom is -0.230 e. The van der Waals surface area contributed by atoms with Crippen molar-refractivity contribution in [1.29, 1.82) is 0 Å². The van der Waals surface area contributed by atoms with Crippen LogP contribution in [0.3, 0.4) is 0 Å². The van der Waals surface area contributed by atoms with Gasteiger partial charge in [0, 0.05) is 4.91 Å². The summed E-state index contributed by atoms with van der Waals surface area (Å²) in [5, 5.41) is 4.51. The molecule has 0 spiro atoms. The largest absolute Gasteiger partial charge is 0.434 e. The van der Waals surface area contributed by atoms with Crippen LogP contribution in [0.25, 0.3) is 20.3 Å². The van der Waals surface area contributed by atoms with Gasteiger partial charge in [-0.15, -0.1) is 22.7 Å². The van der Waals surface area contributed by atoms with Gasteiger partial charge in [0.15, 0.2) is 5.69 Å². The van der Waals surface area contributed by atoms with E-state index in [4.69, 9.17) is 5.53 Å². The van der Waals surface area contributed by atoms with Crippen LogP contribution in [0.2, 0.25) is 0 Å². The van der Waals surface area contributed by atoms with Crippen LogP contribution in [0.15, 0.2) is 22.6 Å². The third-order valence-electron chi connectivity index (χ3n) is 1.75. The number of nitrogens with zero attached hydrogens (tertiary/aromatic N) is 4. The van der Waals surface area contributed by atoms with Crippen molar-refractivity contribution >= 4 is 27.7 Å². The Labute approximate surface area is 101 Å². The van der Waals surface area contributed by atoms with Gasteiger partial charge in [0.2, 0.25) is 0 Å². The zero-order chi connectivity index (χ0) is 12.5. The Morgan fingerprint density at radius 2 is 2.18 bits per heavy atom. The number of alkyl halides is 3. The molecule has 0 aliphatic rings. The number of halogens is 3. The molecule has 0 bridgehead atoms. The van der Waals surface area contributed by atoms with Gasteiger partial charge in [0.1, 0.15) is 10.0 Å². The molecule has 88 valence electrons. The van der Waals surface area contributed by atoms with Crippen molar-refractivity contribution in [3.8, 4) is 9.88 Å². The third kappa shape index (κ3) is 2.41. The SMILES string of the molecule is [N-]=[N+]=Nc1sc(-c2cccs2)nc1C(F)(F)F. The first kappa shape index (κ1) is 11.9. The highest BCUT2D eigenvalue weighted by Gasteiger charge is 2.37. The first-order chi connectivity index (χ1) is 8.02. The highest BCUT2D eigenvalue weighted by atomic mass is 32.1. The summed E-state index contributed by atoms with van der Waals surface area (Å²) in [5.41, 5.74) is 7.09. The molecular weight excluding hydrogens is 273 g/mol. The van der Waals surface area contributed by atoms with Crippen LogP contribution in [-0.2, 0) is 6.18 Å². The smallest absolute Gasteiger partial charge is 0.230 e. The Morgan fingerprint density at radius 1 is 1.41 bits per heavy atom. The molecule has 2 aromatic heterocycles. The van der Waals surface area contributed by atoms with E-state index in [1.165, 1.54) is 11.3 Å². The summed E-state index contributed by atoms with van der Waals surface area (Å²) in [6.07, 6.45) is -4.62. The topological polar surface area (TPSA) is 61.7 Å². The summed E-state index contributed by atoms with van der Waals surface area (Å²) in [6, 6.07) is 3.37. The molecule has 0 fully saturated rings. The van der Waals surface area contributed by atoms with Crippen molar-refractivity contribution in [2.75, 3.05) is 0 Å². The molecule has 9 heteroatoms. The van der Waals surface area contributed by atoms with E-state index in [9.17, 15) is 13.2 Å². The summed E-state index contributed by atoms with van der Waals surface area (Å²) in [4.78, 5) is 6.47. The molecular formula is C8H3F3N4S2. The first-order valence-corrected chi connectivity index (χ1v) is 5.89. The monoisotopic (exact) mass is 276 g/mol. The molecule has 0 N–H and O–H groups in total. The van der Waals surface area contributed by atoms with E-state index in [0.717, 1.165) is 11.3 Å². The van der Waals surface area contributed by atoms with Crippen LogP contribution >= 0.6 is 22.7 Å². The Balaban J connectivity index is 2.56. The molecule has 17 heavy (non-hydrogen) atoms. The molecule has 0 saturated carbocycles. The number of hydrogen-bond donors (Lipinski definition) is 0. The number of thiazole rings is 1. The van der Waals surface area contributed by atoms with Gasteiger partial charge in [-0.25, -0.2) is 4.98 Å². The Morgan fingerprint density at radius 3 is 2.71 bits per heavy atom.